The molecule has 0 radical (unpaired) electrons. The van der Waals surface area contributed by atoms with Crippen LogP contribution in [0.3, 0.4) is 0 Å². The Balaban J connectivity index is 4.54. The van der Waals surface area contributed by atoms with Crippen LogP contribution in [0.4, 0.5) is 0 Å². The van der Waals surface area contributed by atoms with Crippen molar-refractivity contribution in [2.75, 3.05) is 80.9 Å². The van der Waals surface area contributed by atoms with Gasteiger partial charge in [0, 0.05) is 13.1 Å². The van der Waals surface area contributed by atoms with Gasteiger partial charge < -0.3 is 38.2 Å². The highest BCUT2D eigenvalue weighted by Gasteiger charge is 2.32. The monoisotopic (exact) mass is 632 g/mol. The summed E-state index contributed by atoms with van der Waals surface area (Å²) in [5.41, 5.74) is -1.69. The van der Waals surface area contributed by atoms with Crippen LogP contribution >= 0.6 is 0 Å². The van der Waals surface area contributed by atoms with Gasteiger partial charge in [-0.2, -0.15) is 0 Å². The molecule has 258 valence electrons. The highest BCUT2D eigenvalue weighted by molar-refractivity contribution is 5.77. The van der Waals surface area contributed by atoms with E-state index < -0.39 is 46.8 Å². The summed E-state index contributed by atoms with van der Waals surface area (Å²) < 4.78 is 33.1. The van der Waals surface area contributed by atoms with Crippen molar-refractivity contribution < 1.29 is 47.6 Å². The van der Waals surface area contributed by atoms with Gasteiger partial charge in [-0.05, 0) is 82.6 Å². The molecule has 0 aliphatic rings. The Bertz CT molecular complexity index is 875. The highest BCUT2D eigenvalue weighted by atomic mass is 16.6. The summed E-state index contributed by atoms with van der Waals surface area (Å²) in [5.74, 6) is -2.57. The molecule has 0 rings (SSSR count). The van der Waals surface area contributed by atoms with Gasteiger partial charge in [0.05, 0.1) is 48.1 Å². The van der Waals surface area contributed by atoms with Gasteiger partial charge in [-0.1, -0.05) is 13.8 Å². The van der Waals surface area contributed by atoms with Gasteiger partial charge in [0.25, 0.3) is 0 Å². The minimum atomic E-state index is -0.845. The third kappa shape index (κ3) is 17.9. The molecule has 44 heavy (non-hydrogen) atoms. The number of carbonyl (C=O) groups excluding carboxylic acids is 4. The molecule has 0 aromatic carbocycles. The zero-order valence-corrected chi connectivity index (χ0v) is 29.4. The second kappa shape index (κ2) is 20.7. The molecule has 0 saturated carbocycles. The Kier molecular flexibility index (Phi) is 19.6. The fourth-order valence-electron chi connectivity index (χ4n) is 3.56. The molecular weight excluding hydrogens is 572 g/mol. The van der Waals surface area contributed by atoms with Crippen molar-refractivity contribution in [2.24, 2.45) is 22.7 Å². The maximum Gasteiger partial charge on any atom is 0.313 e. The van der Waals surface area contributed by atoms with Crippen LogP contribution < -0.4 is 0 Å². The van der Waals surface area contributed by atoms with Crippen LogP contribution in [0, 0.1) is 22.7 Å². The Labute approximate surface area is 265 Å². The third-order valence-electron chi connectivity index (χ3n) is 6.89. The summed E-state index contributed by atoms with van der Waals surface area (Å²) in [6.07, 6.45) is -0.0927. The number of carbonyl (C=O) groups is 4. The Morgan fingerprint density at radius 3 is 1.39 bits per heavy atom. The maximum atomic E-state index is 12.8. The quantitative estimate of drug-likeness (QED) is 0.121. The van der Waals surface area contributed by atoms with Crippen molar-refractivity contribution in [3.8, 4) is 0 Å². The Morgan fingerprint density at radius 1 is 0.636 bits per heavy atom. The van der Waals surface area contributed by atoms with Crippen LogP contribution in [0.1, 0.15) is 68.2 Å². The number of ether oxygens (including phenoxy) is 6. The van der Waals surface area contributed by atoms with Crippen molar-refractivity contribution in [3.05, 3.63) is 0 Å². The highest BCUT2D eigenvalue weighted by Crippen LogP contribution is 2.22. The first-order chi connectivity index (χ1) is 20.3. The van der Waals surface area contributed by atoms with Gasteiger partial charge in [-0.3, -0.25) is 19.2 Å². The number of hydrogen-bond acceptors (Lipinski definition) is 12. The summed E-state index contributed by atoms with van der Waals surface area (Å²) in [7, 11) is 7.60. The van der Waals surface area contributed by atoms with Crippen molar-refractivity contribution in [3.63, 3.8) is 0 Å². The molecule has 0 aromatic heterocycles. The first-order valence-electron chi connectivity index (χ1n) is 15.5. The van der Waals surface area contributed by atoms with Gasteiger partial charge in [-0.15, -0.1) is 0 Å². The fourth-order valence-corrected chi connectivity index (χ4v) is 3.56. The number of likely N-dealkylation sites (N-methyl/N-ethyl adjacent to an activating group) is 2. The van der Waals surface area contributed by atoms with Crippen molar-refractivity contribution in [2.45, 2.75) is 80.4 Å². The molecule has 0 aliphatic heterocycles. The lowest BCUT2D eigenvalue weighted by atomic mass is 9.94. The number of esters is 4. The van der Waals surface area contributed by atoms with Gasteiger partial charge in [0.15, 0.2) is 0 Å². The maximum absolute atomic E-state index is 12.8. The van der Waals surface area contributed by atoms with Gasteiger partial charge in [-0.25, -0.2) is 0 Å². The molecule has 0 heterocycles. The van der Waals surface area contributed by atoms with Crippen LogP contribution in [0.25, 0.3) is 0 Å². The summed E-state index contributed by atoms with van der Waals surface area (Å²) in [5, 5.41) is 0. The van der Waals surface area contributed by atoms with Crippen LogP contribution in [0.5, 0.6) is 0 Å². The lowest BCUT2D eigenvalue weighted by molar-refractivity contribution is -0.164. The van der Waals surface area contributed by atoms with Crippen LogP contribution in [0.2, 0.25) is 0 Å². The minimum absolute atomic E-state index is 0.0184. The molecule has 0 saturated heterocycles. The second-order valence-electron chi connectivity index (χ2n) is 13.4. The largest absolute Gasteiger partial charge is 0.464 e. The van der Waals surface area contributed by atoms with Gasteiger partial charge >= 0.3 is 23.9 Å². The molecule has 0 fully saturated rings. The molecule has 0 spiro atoms. The fraction of sp³-hybridized carbons (Fsp3) is 0.875. The van der Waals surface area contributed by atoms with E-state index in [-0.39, 0.29) is 44.8 Å². The molecule has 4 unspecified atom stereocenters. The number of nitrogens with zero attached hydrogens (tertiary/aromatic N) is 2. The molecule has 0 amide bonds. The predicted molar refractivity (Wildman–Crippen MR) is 167 cm³/mol. The Hall–Kier alpha value is -2.28. The van der Waals surface area contributed by atoms with E-state index in [9.17, 15) is 19.2 Å². The topological polar surface area (TPSA) is 130 Å². The molecule has 12 heteroatoms. The average molecular weight is 633 g/mol. The zero-order valence-electron chi connectivity index (χ0n) is 29.4. The molecule has 0 N–H and O–H groups in total. The van der Waals surface area contributed by atoms with E-state index in [2.05, 4.69) is 0 Å². The van der Waals surface area contributed by atoms with Crippen LogP contribution in [0.15, 0.2) is 0 Å². The molecular formula is C32H60N2O10. The minimum Gasteiger partial charge on any atom is -0.464 e. The smallest absolute Gasteiger partial charge is 0.313 e. The summed E-state index contributed by atoms with van der Waals surface area (Å²) >= 11 is 0. The number of rotatable bonds is 23. The van der Waals surface area contributed by atoms with Crippen molar-refractivity contribution in [1.82, 2.24) is 9.80 Å². The first-order valence-corrected chi connectivity index (χ1v) is 15.5. The predicted octanol–water partition coefficient (Wildman–Crippen LogP) is 3.20. The van der Waals surface area contributed by atoms with Crippen molar-refractivity contribution >= 4 is 23.9 Å². The third-order valence-corrected chi connectivity index (χ3v) is 6.89. The first kappa shape index (κ1) is 41.7. The number of hydrogen-bond donors (Lipinski definition) is 0. The van der Waals surface area contributed by atoms with E-state index in [1.54, 1.807) is 48.5 Å². The molecule has 0 aromatic rings. The van der Waals surface area contributed by atoms with Crippen LogP contribution in [-0.2, 0) is 47.6 Å². The van der Waals surface area contributed by atoms with E-state index in [4.69, 9.17) is 28.4 Å². The molecule has 0 aliphatic carbocycles. The Morgan fingerprint density at radius 2 is 1.02 bits per heavy atom. The standard InChI is InChI=1S/C32H60N2O10/c1-13-26(28(36)42-20-25(4)44-22-32(7,8)30(38)40-17-15-34(11)12)18-23(2)27(35)41-19-24(3)43-21-31(5,6)29(37)39-16-14-33(9)10/h23-26H,13-22H2,1-12H3. The van der Waals surface area contributed by atoms with Crippen LogP contribution in [-0.4, -0.2) is 127 Å². The van der Waals surface area contributed by atoms with E-state index in [1.165, 1.54) is 0 Å². The summed E-state index contributed by atoms with van der Waals surface area (Å²) in [6.45, 7) is 16.2. The second-order valence-corrected chi connectivity index (χ2v) is 13.4. The average Bonchev–Trinajstić information content (AvgIpc) is 2.94. The molecule has 4 atom stereocenters. The normalized spacial score (nSPS) is 15.0. The lowest BCUT2D eigenvalue weighted by Gasteiger charge is -2.25. The molecule has 12 nitrogen and oxygen atoms in total. The van der Waals surface area contributed by atoms with Gasteiger partial charge in [0.1, 0.15) is 26.4 Å². The van der Waals surface area contributed by atoms with E-state index in [0.717, 1.165) is 0 Å². The molecule has 0 bridgehead atoms. The van der Waals surface area contributed by atoms with Gasteiger partial charge in [0.2, 0.25) is 0 Å². The summed E-state index contributed by atoms with van der Waals surface area (Å²) in [6, 6.07) is 0. The van der Waals surface area contributed by atoms with E-state index in [0.29, 0.717) is 32.7 Å². The van der Waals surface area contributed by atoms with E-state index in [1.807, 2.05) is 44.9 Å². The zero-order chi connectivity index (χ0) is 34.1. The lowest BCUT2D eigenvalue weighted by Crippen LogP contribution is -2.35. The van der Waals surface area contributed by atoms with Crippen molar-refractivity contribution in [1.29, 1.82) is 0 Å². The summed E-state index contributed by atoms with van der Waals surface area (Å²) in [4.78, 5) is 54.0. The van der Waals surface area contributed by atoms with E-state index >= 15 is 0 Å². The SMILES string of the molecule is CCC(CC(C)C(=O)OCC(C)OCC(C)(C)C(=O)OCCN(C)C)C(=O)OCC(C)OCC(C)(C)C(=O)OCCN(C)C.